The van der Waals surface area contributed by atoms with Crippen LogP contribution in [0.1, 0.15) is 39.5 Å². The van der Waals surface area contributed by atoms with E-state index in [-0.39, 0.29) is 18.1 Å². The first kappa shape index (κ1) is 24.4. The fraction of sp³-hybridized carbons (Fsp3) is 0.650. The number of ketones is 1. The Morgan fingerprint density at radius 3 is 2.39 bits per heavy atom. The molecule has 0 saturated heterocycles. The predicted octanol–water partition coefficient (Wildman–Crippen LogP) is 1.47. The summed E-state index contributed by atoms with van der Waals surface area (Å²) < 4.78 is 0. The van der Waals surface area contributed by atoms with E-state index >= 15 is 0 Å². The van der Waals surface area contributed by atoms with Crippen molar-refractivity contribution >= 4 is 29.4 Å². The lowest BCUT2D eigenvalue weighted by atomic mass is 9.70. The molecule has 0 bridgehead atoms. The van der Waals surface area contributed by atoms with Gasteiger partial charge in [-0.2, -0.15) is 11.8 Å². The van der Waals surface area contributed by atoms with Crippen molar-refractivity contribution in [2.45, 2.75) is 57.7 Å². The molecule has 6 N–H and O–H groups in total. The summed E-state index contributed by atoms with van der Waals surface area (Å²) in [5.41, 5.74) is 10.9. The maximum absolute atomic E-state index is 13.1. The Hall–Kier alpha value is -1.64. The van der Waals surface area contributed by atoms with Gasteiger partial charge >= 0.3 is 5.97 Å². The van der Waals surface area contributed by atoms with Crippen molar-refractivity contribution in [3.05, 3.63) is 24.3 Å². The molecular formula is C20H33N3O4S. The van der Waals surface area contributed by atoms with Gasteiger partial charge in [0.25, 0.3) is 0 Å². The Kier molecular flexibility index (Phi) is 9.92. The van der Waals surface area contributed by atoms with Crippen LogP contribution in [0.25, 0.3) is 0 Å². The third kappa shape index (κ3) is 7.07. The average Bonchev–Trinajstić information content (AvgIpc) is 2.64. The fourth-order valence-electron chi connectivity index (χ4n) is 3.30. The van der Waals surface area contributed by atoms with Gasteiger partial charge in [0.05, 0.1) is 17.5 Å². The van der Waals surface area contributed by atoms with Gasteiger partial charge in [-0.3, -0.25) is 9.59 Å². The molecule has 0 radical (unpaired) electrons. The Labute approximate surface area is 171 Å². The summed E-state index contributed by atoms with van der Waals surface area (Å²) >= 11 is 1.56. The number of hydrogen-bond acceptors (Lipinski definition) is 6. The molecule has 7 nitrogen and oxygen atoms in total. The Morgan fingerprint density at radius 2 is 1.89 bits per heavy atom. The number of nitrogens with one attached hydrogen (secondary N) is 1. The van der Waals surface area contributed by atoms with Gasteiger partial charge in [-0.25, -0.2) is 4.79 Å². The van der Waals surface area contributed by atoms with Gasteiger partial charge < -0.3 is 21.9 Å². The molecule has 1 rings (SSSR count). The third-order valence-corrected chi connectivity index (χ3v) is 5.49. The number of carbonyl (C=O) groups is 3. The van der Waals surface area contributed by atoms with Crippen molar-refractivity contribution in [3.8, 4) is 0 Å². The van der Waals surface area contributed by atoms with E-state index in [1.807, 2.05) is 32.3 Å². The van der Waals surface area contributed by atoms with E-state index < -0.39 is 35.4 Å². The summed E-state index contributed by atoms with van der Waals surface area (Å²) in [4.78, 5) is 37.3. The van der Waals surface area contributed by atoms with Crippen LogP contribution in [0.3, 0.4) is 0 Å². The predicted molar refractivity (Wildman–Crippen MR) is 113 cm³/mol. The molecule has 0 aromatic carbocycles. The summed E-state index contributed by atoms with van der Waals surface area (Å²) in [6.45, 7) is 3.96. The summed E-state index contributed by atoms with van der Waals surface area (Å²) in [5, 5.41) is 12.2. The normalized spacial score (nSPS) is 21.9. The molecule has 4 atom stereocenters. The van der Waals surface area contributed by atoms with Crippen LogP contribution in [0, 0.1) is 11.3 Å². The van der Waals surface area contributed by atoms with E-state index in [0.29, 0.717) is 25.0 Å². The van der Waals surface area contributed by atoms with Crippen LogP contribution in [0.2, 0.25) is 0 Å². The first-order valence-electron chi connectivity index (χ1n) is 9.55. The Balaban J connectivity index is 2.99. The number of carboxylic acids is 1. The second kappa shape index (κ2) is 11.4. The number of amides is 1. The number of allylic oxidation sites excluding steroid dienone is 4. The van der Waals surface area contributed by atoms with Crippen molar-refractivity contribution in [1.82, 2.24) is 5.32 Å². The monoisotopic (exact) mass is 411 g/mol. The van der Waals surface area contributed by atoms with Crippen LogP contribution in [0.15, 0.2) is 24.3 Å². The maximum atomic E-state index is 13.1. The van der Waals surface area contributed by atoms with Crippen molar-refractivity contribution in [1.29, 1.82) is 0 Å². The lowest BCUT2D eigenvalue weighted by molar-refractivity contribution is -0.143. The number of rotatable bonds is 12. The highest BCUT2D eigenvalue weighted by Gasteiger charge is 2.42. The van der Waals surface area contributed by atoms with E-state index in [9.17, 15) is 19.5 Å². The standard InChI is InChI=1S/C20H33N3O4S/c1-13(2)11-15(22)17(24)20(8-5-4-6-9-20)12-16(19(26)27)23-18(25)14(21)7-10-28-3/h4-6,8,13-16H,7,9-12,21-22H2,1-3H3,(H,23,25)(H,26,27)/t14-,15-,16-,20?/m0/s1. The van der Waals surface area contributed by atoms with E-state index in [1.54, 1.807) is 23.9 Å². The van der Waals surface area contributed by atoms with Gasteiger partial charge in [0.15, 0.2) is 5.78 Å². The lowest BCUT2D eigenvalue weighted by Gasteiger charge is -2.35. The maximum Gasteiger partial charge on any atom is 0.326 e. The third-order valence-electron chi connectivity index (χ3n) is 4.85. The molecule has 0 saturated carbocycles. The summed E-state index contributed by atoms with van der Waals surface area (Å²) in [5.74, 6) is -0.979. The van der Waals surface area contributed by atoms with Crippen LogP contribution < -0.4 is 16.8 Å². The van der Waals surface area contributed by atoms with Crippen LogP contribution >= 0.6 is 11.8 Å². The molecule has 8 heteroatoms. The van der Waals surface area contributed by atoms with Gasteiger partial charge in [-0.05, 0) is 43.6 Å². The number of carboxylic acid groups (broad SMARTS) is 1. The zero-order chi connectivity index (χ0) is 21.3. The quantitative estimate of drug-likeness (QED) is 0.382. The molecule has 1 aliphatic carbocycles. The average molecular weight is 412 g/mol. The largest absolute Gasteiger partial charge is 0.480 e. The number of thioether (sulfide) groups is 1. The zero-order valence-electron chi connectivity index (χ0n) is 16.9. The summed E-state index contributed by atoms with van der Waals surface area (Å²) in [6.07, 6.45) is 10.2. The highest BCUT2D eigenvalue weighted by molar-refractivity contribution is 7.98. The topological polar surface area (TPSA) is 136 Å². The van der Waals surface area contributed by atoms with Gasteiger partial charge in [0.1, 0.15) is 6.04 Å². The van der Waals surface area contributed by atoms with Gasteiger partial charge in [-0.15, -0.1) is 0 Å². The minimum absolute atomic E-state index is 0.0607. The molecule has 1 amide bonds. The van der Waals surface area contributed by atoms with Crippen LogP contribution in [-0.4, -0.2) is 52.9 Å². The number of aliphatic carboxylic acids is 1. The van der Waals surface area contributed by atoms with Gasteiger partial charge in [0, 0.05) is 0 Å². The number of Topliss-reactive ketones (excluding diaryl/α,β-unsaturated/α-hetero) is 1. The lowest BCUT2D eigenvalue weighted by Crippen LogP contribution is -2.53. The molecule has 0 aromatic heterocycles. The Bertz CT molecular complexity index is 621. The number of nitrogens with two attached hydrogens (primary N) is 2. The molecule has 1 unspecified atom stereocenters. The molecule has 0 heterocycles. The number of hydrogen-bond donors (Lipinski definition) is 4. The molecule has 158 valence electrons. The molecule has 28 heavy (non-hydrogen) atoms. The molecular weight excluding hydrogens is 378 g/mol. The second-order valence-electron chi connectivity index (χ2n) is 7.74. The van der Waals surface area contributed by atoms with Crippen molar-refractivity contribution in [2.75, 3.05) is 12.0 Å². The molecule has 0 aliphatic heterocycles. The van der Waals surface area contributed by atoms with E-state index in [0.717, 1.165) is 0 Å². The SMILES string of the molecule is CSCC[C@H](N)C(=O)N[C@@H](CC1(C(=O)[C@@H](N)CC(C)C)C=CC=CC1)C(=O)O. The smallest absolute Gasteiger partial charge is 0.326 e. The van der Waals surface area contributed by atoms with E-state index in [1.165, 1.54) is 0 Å². The van der Waals surface area contributed by atoms with Crippen LogP contribution in [-0.2, 0) is 14.4 Å². The molecule has 0 fully saturated rings. The summed E-state index contributed by atoms with van der Waals surface area (Å²) in [6, 6.07) is -2.70. The zero-order valence-corrected chi connectivity index (χ0v) is 17.7. The van der Waals surface area contributed by atoms with E-state index in [2.05, 4.69) is 5.32 Å². The fourth-order valence-corrected chi connectivity index (χ4v) is 3.79. The van der Waals surface area contributed by atoms with Crippen molar-refractivity contribution < 1.29 is 19.5 Å². The minimum Gasteiger partial charge on any atom is -0.480 e. The van der Waals surface area contributed by atoms with Gasteiger partial charge in [0.2, 0.25) is 5.91 Å². The highest BCUT2D eigenvalue weighted by atomic mass is 32.2. The van der Waals surface area contributed by atoms with Crippen LogP contribution in [0.5, 0.6) is 0 Å². The minimum atomic E-state index is -1.22. The molecule has 0 spiro atoms. The molecule has 0 aromatic rings. The first-order valence-corrected chi connectivity index (χ1v) is 10.9. The number of carbonyl (C=O) groups excluding carboxylic acids is 2. The Morgan fingerprint density at radius 1 is 1.21 bits per heavy atom. The van der Waals surface area contributed by atoms with E-state index in [4.69, 9.17) is 11.5 Å². The highest BCUT2D eigenvalue weighted by Crippen LogP contribution is 2.36. The van der Waals surface area contributed by atoms with Gasteiger partial charge in [-0.1, -0.05) is 38.2 Å². The first-order chi connectivity index (χ1) is 13.1. The van der Waals surface area contributed by atoms with Crippen LogP contribution in [0.4, 0.5) is 0 Å². The van der Waals surface area contributed by atoms with Crippen molar-refractivity contribution in [3.63, 3.8) is 0 Å². The summed E-state index contributed by atoms with van der Waals surface area (Å²) in [7, 11) is 0. The molecule has 1 aliphatic rings. The van der Waals surface area contributed by atoms with Crippen molar-refractivity contribution in [2.24, 2.45) is 22.8 Å². The second-order valence-corrected chi connectivity index (χ2v) is 8.72.